The summed E-state index contributed by atoms with van der Waals surface area (Å²) < 4.78 is 0.869. The number of aromatic hydroxyl groups is 2. The molecule has 0 spiro atoms. The molecular weight excluding hydrogens is 320 g/mol. The third-order valence-corrected chi connectivity index (χ3v) is 3.62. The van der Waals surface area contributed by atoms with Crippen LogP contribution in [0.2, 0.25) is 0 Å². The maximum atomic E-state index is 10.1. The first-order valence-corrected chi connectivity index (χ1v) is 6.74. The van der Waals surface area contributed by atoms with Crippen molar-refractivity contribution < 1.29 is 10.2 Å². The minimum atomic E-state index is -0.0496. The number of rotatable bonds is 2. The number of halogens is 1. The highest BCUT2D eigenvalue weighted by Crippen LogP contribution is 2.31. The van der Waals surface area contributed by atoms with Crippen molar-refractivity contribution in [2.45, 2.75) is 0 Å². The van der Waals surface area contributed by atoms with Gasteiger partial charge in [0.15, 0.2) is 5.88 Å². The Morgan fingerprint density at radius 1 is 1.10 bits per heavy atom. The summed E-state index contributed by atoms with van der Waals surface area (Å²) in [5, 5.41) is 28.6. The van der Waals surface area contributed by atoms with Crippen molar-refractivity contribution in [3.8, 4) is 11.6 Å². The topological polar surface area (TPSA) is 80.1 Å². The number of H-pyrrole nitrogens is 1. The maximum absolute atomic E-state index is 10.1. The van der Waals surface area contributed by atoms with Crippen LogP contribution in [0.5, 0.6) is 11.6 Å². The summed E-state index contributed by atoms with van der Waals surface area (Å²) in [7, 11) is 0. The zero-order valence-electron chi connectivity index (χ0n) is 10.3. The summed E-state index contributed by atoms with van der Waals surface area (Å²) >= 11 is 3.39. The molecule has 5 heteroatoms. The second-order valence-corrected chi connectivity index (χ2v) is 5.38. The molecule has 0 amide bonds. The molecule has 0 saturated heterocycles. The smallest absolute Gasteiger partial charge is 0.199 e. The van der Waals surface area contributed by atoms with Crippen LogP contribution in [0.25, 0.3) is 10.9 Å². The van der Waals surface area contributed by atoms with Gasteiger partial charge in [0.2, 0.25) is 0 Å². The molecule has 0 unspecified atom stereocenters. The number of hydrogen-bond donors (Lipinski definition) is 4. The van der Waals surface area contributed by atoms with Crippen LogP contribution in [0.1, 0.15) is 11.1 Å². The number of hydrogen-bond acceptors (Lipinski definition) is 3. The first-order valence-electron chi connectivity index (χ1n) is 5.95. The van der Waals surface area contributed by atoms with E-state index in [4.69, 9.17) is 5.41 Å². The van der Waals surface area contributed by atoms with E-state index in [1.165, 1.54) is 6.07 Å². The molecule has 20 heavy (non-hydrogen) atoms. The minimum absolute atomic E-state index is 0.0496. The average Bonchev–Trinajstić information content (AvgIpc) is 2.73. The van der Waals surface area contributed by atoms with E-state index in [1.54, 1.807) is 18.2 Å². The highest BCUT2D eigenvalue weighted by Gasteiger charge is 2.17. The van der Waals surface area contributed by atoms with Crippen LogP contribution in [0.3, 0.4) is 0 Å². The fourth-order valence-corrected chi connectivity index (χ4v) is 2.57. The summed E-state index contributed by atoms with van der Waals surface area (Å²) in [6.45, 7) is 0. The van der Waals surface area contributed by atoms with Crippen molar-refractivity contribution in [1.29, 1.82) is 5.41 Å². The molecule has 0 bridgehead atoms. The van der Waals surface area contributed by atoms with Gasteiger partial charge < -0.3 is 15.2 Å². The Hall–Kier alpha value is -2.27. The quantitative estimate of drug-likeness (QED) is 0.540. The fraction of sp³-hybridized carbons (Fsp3) is 0. The van der Waals surface area contributed by atoms with E-state index in [-0.39, 0.29) is 17.3 Å². The Bertz CT molecular complexity index is 824. The van der Waals surface area contributed by atoms with Gasteiger partial charge in [0.25, 0.3) is 0 Å². The molecule has 0 aliphatic heterocycles. The number of aromatic amines is 1. The highest BCUT2D eigenvalue weighted by atomic mass is 79.9. The molecule has 3 aromatic rings. The predicted octanol–water partition coefficient (Wildman–Crippen LogP) is 3.76. The van der Waals surface area contributed by atoms with Gasteiger partial charge in [-0.15, -0.1) is 0 Å². The minimum Gasteiger partial charge on any atom is -0.508 e. The van der Waals surface area contributed by atoms with E-state index < -0.39 is 0 Å². The molecule has 0 saturated carbocycles. The number of phenolic OH excluding ortho intramolecular Hbond substituents is 1. The van der Waals surface area contributed by atoms with Gasteiger partial charge in [-0.3, -0.25) is 5.41 Å². The van der Waals surface area contributed by atoms with Gasteiger partial charge in [0, 0.05) is 20.9 Å². The molecule has 0 fully saturated rings. The Labute approximate surface area is 123 Å². The van der Waals surface area contributed by atoms with Gasteiger partial charge in [-0.2, -0.15) is 0 Å². The van der Waals surface area contributed by atoms with Crippen LogP contribution >= 0.6 is 15.9 Å². The van der Waals surface area contributed by atoms with Crippen LogP contribution in [0, 0.1) is 5.41 Å². The monoisotopic (exact) mass is 330 g/mol. The molecule has 1 aromatic heterocycles. The van der Waals surface area contributed by atoms with Gasteiger partial charge >= 0.3 is 0 Å². The molecule has 2 aromatic carbocycles. The molecule has 4 N–H and O–H groups in total. The lowest BCUT2D eigenvalue weighted by Gasteiger charge is -2.04. The van der Waals surface area contributed by atoms with Gasteiger partial charge in [-0.25, -0.2) is 0 Å². The number of benzene rings is 2. The molecule has 100 valence electrons. The predicted molar refractivity (Wildman–Crippen MR) is 81.7 cm³/mol. The summed E-state index contributed by atoms with van der Waals surface area (Å²) in [4.78, 5) is 2.85. The molecule has 0 aliphatic carbocycles. The molecule has 0 radical (unpaired) electrons. The summed E-state index contributed by atoms with van der Waals surface area (Å²) in [6, 6.07) is 12.0. The average molecular weight is 331 g/mol. The zero-order valence-corrected chi connectivity index (χ0v) is 11.9. The van der Waals surface area contributed by atoms with Gasteiger partial charge in [-0.05, 0) is 30.3 Å². The Kier molecular flexibility index (Phi) is 2.99. The third-order valence-electron chi connectivity index (χ3n) is 3.13. The van der Waals surface area contributed by atoms with Gasteiger partial charge in [0.05, 0.1) is 11.3 Å². The number of nitrogens with one attached hydrogen (secondary N) is 2. The third kappa shape index (κ3) is 2.06. The Balaban J connectivity index is 2.21. The first-order chi connectivity index (χ1) is 9.56. The standard InChI is InChI=1S/C15H11BrN2O2/c16-9-4-5-12-11(7-9)13(15(20)18-12)14(17)8-2-1-3-10(19)6-8/h1-7,17-20H. The Morgan fingerprint density at radius 3 is 2.65 bits per heavy atom. The van der Waals surface area contributed by atoms with E-state index in [1.807, 2.05) is 18.2 Å². The fourth-order valence-electron chi connectivity index (χ4n) is 2.21. The second kappa shape index (κ2) is 4.68. The normalized spacial score (nSPS) is 10.8. The molecule has 0 atom stereocenters. The highest BCUT2D eigenvalue weighted by molar-refractivity contribution is 9.10. The van der Waals surface area contributed by atoms with Crippen molar-refractivity contribution in [3.63, 3.8) is 0 Å². The van der Waals surface area contributed by atoms with E-state index in [0.29, 0.717) is 11.1 Å². The molecule has 1 heterocycles. The first kappa shape index (κ1) is 12.7. The van der Waals surface area contributed by atoms with Crippen LogP contribution < -0.4 is 0 Å². The van der Waals surface area contributed by atoms with Crippen LogP contribution in [0.4, 0.5) is 0 Å². The van der Waals surface area contributed by atoms with Gasteiger partial charge in [-0.1, -0.05) is 28.1 Å². The van der Waals surface area contributed by atoms with Crippen LogP contribution in [0.15, 0.2) is 46.9 Å². The summed E-state index contributed by atoms with van der Waals surface area (Å²) in [5.41, 5.74) is 1.88. The molecular formula is C15H11BrN2O2. The molecule has 3 rings (SSSR count). The maximum Gasteiger partial charge on any atom is 0.199 e. The number of aromatic nitrogens is 1. The molecule has 4 nitrogen and oxygen atoms in total. The lowest BCUT2D eigenvalue weighted by atomic mass is 10.0. The summed E-state index contributed by atoms with van der Waals surface area (Å²) in [6.07, 6.45) is 0. The van der Waals surface area contributed by atoms with E-state index in [2.05, 4.69) is 20.9 Å². The number of fused-ring (bicyclic) bond motifs is 1. The van der Waals surface area contributed by atoms with Crippen LogP contribution in [-0.2, 0) is 0 Å². The van der Waals surface area contributed by atoms with Crippen molar-refractivity contribution >= 4 is 32.5 Å². The van der Waals surface area contributed by atoms with Crippen LogP contribution in [-0.4, -0.2) is 20.9 Å². The van der Waals surface area contributed by atoms with Crippen molar-refractivity contribution in [2.24, 2.45) is 0 Å². The van der Waals surface area contributed by atoms with E-state index >= 15 is 0 Å². The lowest BCUT2D eigenvalue weighted by Crippen LogP contribution is -2.00. The van der Waals surface area contributed by atoms with E-state index in [9.17, 15) is 10.2 Å². The summed E-state index contributed by atoms with van der Waals surface area (Å²) in [5.74, 6) is 0.0409. The van der Waals surface area contributed by atoms with Gasteiger partial charge in [0.1, 0.15) is 5.75 Å². The van der Waals surface area contributed by atoms with Crippen molar-refractivity contribution in [1.82, 2.24) is 4.98 Å². The molecule has 0 aliphatic rings. The Morgan fingerprint density at radius 2 is 1.90 bits per heavy atom. The van der Waals surface area contributed by atoms with Crippen molar-refractivity contribution in [2.75, 3.05) is 0 Å². The van der Waals surface area contributed by atoms with Crippen molar-refractivity contribution in [3.05, 3.63) is 58.1 Å². The largest absolute Gasteiger partial charge is 0.508 e. The lowest BCUT2D eigenvalue weighted by molar-refractivity contribution is 0.457. The zero-order chi connectivity index (χ0) is 14.3. The number of phenols is 1. The second-order valence-electron chi connectivity index (χ2n) is 4.46. The van der Waals surface area contributed by atoms with E-state index in [0.717, 1.165) is 15.4 Å². The SMILES string of the molecule is N=C(c1cccc(O)c1)c1c(O)[nH]c2ccc(Br)cc12.